The van der Waals surface area contributed by atoms with Gasteiger partial charge in [-0.25, -0.2) is 18.1 Å². The summed E-state index contributed by atoms with van der Waals surface area (Å²) in [6, 6.07) is 1.53. The quantitative estimate of drug-likeness (QED) is 0.875. The second-order valence-corrected chi connectivity index (χ2v) is 7.56. The monoisotopic (exact) mass is 343 g/mol. The second kappa shape index (κ2) is 5.80. The van der Waals surface area contributed by atoms with E-state index in [1.165, 1.54) is 18.5 Å². The summed E-state index contributed by atoms with van der Waals surface area (Å²) in [4.78, 5) is 15.9. The van der Waals surface area contributed by atoms with Crippen molar-refractivity contribution < 1.29 is 22.7 Å². The zero-order chi connectivity index (χ0) is 15.7. The van der Waals surface area contributed by atoms with Crippen molar-refractivity contribution in [3.05, 3.63) is 35.2 Å². The summed E-state index contributed by atoms with van der Waals surface area (Å²) >= 11 is 0.910. The van der Waals surface area contributed by atoms with Crippen LogP contribution in [-0.2, 0) is 26.5 Å². The van der Waals surface area contributed by atoms with Gasteiger partial charge in [0.15, 0.2) is 9.22 Å². The molecule has 0 aliphatic carbocycles. The summed E-state index contributed by atoms with van der Waals surface area (Å²) in [5.41, 5.74) is 0.262. The normalized spacial score (nSPS) is 16.0. The minimum atomic E-state index is -3.97. The zero-order valence-corrected chi connectivity index (χ0v) is 13.2. The van der Waals surface area contributed by atoms with Gasteiger partial charge < -0.3 is 14.0 Å². The topological polar surface area (TPSA) is 99.5 Å². The summed E-state index contributed by atoms with van der Waals surface area (Å²) in [6.45, 7) is 0.883. The lowest BCUT2D eigenvalue weighted by Gasteiger charge is -2.04. The van der Waals surface area contributed by atoms with Crippen molar-refractivity contribution in [1.29, 1.82) is 0 Å². The van der Waals surface area contributed by atoms with Gasteiger partial charge in [0, 0.05) is 19.4 Å². The van der Waals surface area contributed by atoms with Gasteiger partial charge in [-0.1, -0.05) is 0 Å². The highest BCUT2D eigenvalue weighted by molar-refractivity contribution is 7.92. The average molecular weight is 343 g/mol. The molecule has 2 aromatic heterocycles. The molecule has 1 aliphatic rings. The molecule has 0 spiro atoms. The van der Waals surface area contributed by atoms with Crippen molar-refractivity contribution in [2.75, 3.05) is 13.2 Å². The SMILES string of the molecule is Cn1ccc(C(=O)NS(=O)(=O)c2cnc(C3OCCO3)s2)c1. The van der Waals surface area contributed by atoms with Crippen LogP contribution in [-0.4, -0.2) is 37.1 Å². The number of amides is 1. The van der Waals surface area contributed by atoms with Gasteiger partial charge >= 0.3 is 0 Å². The second-order valence-electron chi connectivity index (χ2n) is 4.59. The minimum Gasteiger partial charge on any atom is -0.356 e. The third-order valence-corrected chi connectivity index (χ3v) is 5.72. The fourth-order valence-electron chi connectivity index (χ4n) is 1.88. The van der Waals surface area contributed by atoms with E-state index in [9.17, 15) is 13.2 Å². The zero-order valence-electron chi connectivity index (χ0n) is 11.6. The number of carbonyl (C=O) groups excluding carboxylic acids is 1. The van der Waals surface area contributed by atoms with Crippen LogP contribution in [0.4, 0.5) is 0 Å². The number of aromatic nitrogens is 2. The molecule has 0 saturated carbocycles. The molecular formula is C12H13N3O5S2. The van der Waals surface area contributed by atoms with Crippen LogP contribution in [0.2, 0.25) is 0 Å². The number of carbonyl (C=O) groups is 1. The van der Waals surface area contributed by atoms with E-state index in [0.717, 1.165) is 11.3 Å². The molecule has 1 saturated heterocycles. The van der Waals surface area contributed by atoms with Crippen LogP contribution in [0.25, 0.3) is 0 Å². The first-order chi connectivity index (χ1) is 10.5. The first-order valence-electron chi connectivity index (χ1n) is 6.34. The molecule has 8 nitrogen and oxygen atoms in total. The van der Waals surface area contributed by atoms with Gasteiger partial charge in [0.1, 0.15) is 0 Å². The minimum absolute atomic E-state index is 0.0640. The molecule has 118 valence electrons. The molecule has 3 rings (SSSR count). The number of hydrogen-bond donors (Lipinski definition) is 1. The maximum Gasteiger partial charge on any atom is 0.275 e. The van der Waals surface area contributed by atoms with E-state index in [4.69, 9.17) is 9.47 Å². The Morgan fingerprint density at radius 1 is 1.45 bits per heavy atom. The van der Waals surface area contributed by atoms with E-state index in [1.807, 2.05) is 4.72 Å². The fourth-order valence-corrected chi connectivity index (χ4v) is 4.00. The fraction of sp³-hybridized carbons (Fsp3) is 0.333. The molecule has 0 aromatic carbocycles. The van der Waals surface area contributed by atoms with Gasteiger partial charge in [-0.15, -0.1) is 11.3 Å². The number of aryl methyl sites for hydroxylation is 1. The first-order valence-corrected chi connectivity index (χ1v) is 8.64. The standard InChI is InChI=1S/C12H13N3O5S2/c1-15-3-2-8(7-15)10(16)14-22(17,18)9-6-13-11(21-9)12-19-4-5-20-12/h2-3,6-7,12H,4-5H2,1H3,(H,14,16). The summed E-state index contributed by atoms with van der Waals surface area (Å²) in [7, 11) is -2.23. The highest BCUT2D eigenvalue weighted by Gasteiger charge is 2.26. The van der Waals surface area contributed by atoms with Crippen molar-refractivity contribution >= 4 is 27.3 Å². The molecule has 1 N–H and O–H groups in total. The number of rotatable bonds is 4. The van der Waals surface area contributed by atoms with Gasteiger partial charge in [-0.3, -0.25) is 4.79 Å². The van der Waals surface area contributed by atoms with Crippen LogP contribution in [0.3, 0.4) is 0 Å². The van der Waals surface area contributed by atoms with Gasteiger partial charge in [0.05, 0.1) is 25.0 Å². The van der Waals surface area contributed by atoms with Crippen LogP contribution in [0.5, 0.6) is 0 Å². The molecule has 2 aromatic rings. The van der Waals surface area contributed by atoms with E-state index in [-0.39, 0.29) is 9.77 Å². The Balaban J connectivity index is 1.76. The number of thiazole rings is 1. The van der Waals surface area contributed by atoms with E-state index < -0.39 is 22.2 Å². The van der Waals surface area contributed by atoms with Crippen LogP contribution >= 0.6 is 11.3 Å². The predicted molar refractivity (Wildman–Crippen MR) is 76.8 cm³/mol. The Morgan fingerprint density at radius 2 is 2.18 bits per heavy atom. The van der Waals surface area contributed by atoms with Crippen molar-refractivity contribution in [2.24, 2.45) is 7.05 Å². The average Bonchev–Trinajstić information content (AvgIpc) is 3.19. The molecule has 1 aliphatic heterocycles. The Hall–Kier alpha value is -1.75. The predicted octanol–water partition coefficient (Wildman–Crippen LogP) is 0.646. The summed E-state index contributed by atoms with van der Waals surface area (Å²) in [5.74, 6) is -0.691. The van der Waals surface area contributed by atoms with Crippen molar-refractivity contribution in [3.63, 3.8) is 0 Å². The summed E-state index contributed by atoms with van der Waals surface area (Å²) in [6.07, 6.45) is 3.73. The smallest absolute Gasteiger partial charge is 0.275 e. The Morgan fingerprint density at radius 3 is 2.82 bits per heavy atom. The molecule has 1 amide bonds. The van der Waals surface area contributed by atoms with Crippen molar-refractivity contribution in [2.45, 2.75) is 10.5 Å². The maximum absolute atomic E-state index is 12.2. The summed E-state index contributed by atoms with van der Waals surface area (Å²) < 4.78 is 38.5. The molecular weight excluding hydrogens is 330 g/mol. The highest BCUT2D eigenvalue weighted by atomic mass is 32.2. The molecule has 3 heterocycles. The van der Waals surface area contributed by atoms with Gasteiger partial charge in [-0.2, -0.15) is 0 Å². The number of nitrogens with one attached hydrogen (secondary N) is 1. The van der Waals surface area contributed by atoms with Crippen molar-refractivity contribution in [1.82, 2.24) is 14.3 Å². The third-order valence-electron chi connectivity index (χ3n) is 2.91. The van der Waals surface area contributed by atoms with E-state index in [0.29, 0.717) is 18.2 Å². The van der Waals surface area contributed by atoms with Crippen LogP contribution in [0, 0.1) is 0 Å². The molecule has 10 heteroatoms. The molecule has 0 bridgehead atoms. The number of sulfonamides is 1. The molecule has 0 unspecified atom stereocenters. The third kappa shape index (κ3) is 3.04. The van der Waals surface area contributed by atoms with Crippen molar-refractivity contribution in [3.8, 4) is 0 Å². The Kier molecular flexibility index (Phi) is 4.00. The van der Waals surface area contributed by atoms with Crippen LogP contribution < -0.4 is 4.72 Å². The highest BCUT2D eigenvalue weighted by Crippen LogP contribution is 2.29. The molecule has 22 heavy (non-hydrogen) atoms. The van der Waals surface area contributed by atoms with Gasteiger partial charge in [-0.05, 0) is 6.07 Å². The largest absolute Gasteiger partial charge is 0.356 e. The van der Waals surface area contributed by atoms with E-state index in [1.54, 1.807) is 17.8 Å². The number of nitrogens with zero attached hydrogens (tertiary/aromatic N) is 2. The first kappa shape index (κ1) is 15.2. The van der Waals surface area contributed by atoms with Gasteiger partial charge in [0.2, 0.25) is 6.29 Å². The lowest BCUT2D eigenvalue weighted by atomic mass is 10.3. The Bertz CT molecular complexity index is 789. The Labute approximate surface area is 130 Å². The maximum atomic E-state index is 12.2. The molecule has 1 fully saturated rings. The van der Waals surface area contributed by atoms with E-state index >= 15 is 0 Å². The lowest BCUT2D eigenvalue weighted by molar-refractivity contribution is -0.0442. The number of hydrogen-bond acceptors (Lipinski definition) is 7. The number of ether oxygens (including phenoxy) is 2. The lowest BCUT2D eigenvalue weighted by Crippen LogP contribution is -2.29. The molecule has 0 atom stereocenters. The van der Waals surface area contributed by atoms with E-state index in [2.05, 4.69) is 4.98 Å². The van der Waals surface area contributed by atoms with Crippen LogP contribution in [0.15, 0.2) is 28.9 Å². The van der Waals surface area contributed by atoms with Gasteiger partial charge in [0.25, 0.3) is 15.9 Å². The molecule has 0 radical (unpaired) electrons. The van der Waals surface area contributed by atoms with Crippen LogP contribution in [0.1, 0.15) is 21.7 Å². The summed E-state index contributed by atoms with van der Waals surface area (Å²) in [5, 5.41) is 0.407.